The van der Waals surface area contributed by atoms with E-state index in [1.807, 2.05) is 60.7 Å². The van der Waals surface area contributed by atoms with Crippen LogP contribution in [0.2, 0.25) is 0 Å². The second kappa shape index (κ2) is 8.91. The van der Waals surface area contributed by atoms with E-state index in [0.717, 1.165) is 15.6 Å². The summed E-state index contributed by atoms with van der Waals surface area (Å²) in [5, 5.41) is 3.15. The van der Waals surface area contributed by atoms with Gasteiger partial charge in [-0.25, -0.2) is 0 Å². The first-order valence-corrected chi connectivity index (χ1v) is 13.8. The molecule has 0 aliphatic heterocycles. The van der Waals surface area contributed by atoms with Crippen LogP contribution in [-0.4, -0.2) is 19.9 Å². The summed E-state index contributed by atoms with van der Waals surface area (Å²) < 4.78 is 7.16. The second-order valence-corrected chi connectivity index (χ2v) is 12.1. The molecule has 0 fully saturated rings. The number of hydrogen-bond acceptors (Lipinski definition) is 3. The van der Waals surface area contributed by atoms with Gasteiger partial charge in [0.2, 0.25) is 0 Å². The molecular formula is C32H22O3Si. The summed E-state index contributed by atoms with van der Waals surface area (Å²) in [6, 6.07) is 42.9. The van der Waals surface area contributed by atoms with Crippen molar-refractivity contribution >= 4 is 35.4 Å². The van der Waals surface area contributed by atoms with E-state index in [2.05, 4.69) is 36.4 Å². The summed E-state index contributed by atoms with van der Waals surface area (Å²) >= 11 is 0. The van der Waals surface area contributed by atoms with E-state index in [0.29, 0.717) is 28.0 Å². The largest absolute Gasteiger partial charge is 0.530 e. The molecule has 1 aliphatic carbocycles. The smallest absolute Gasteiger partial charge is 0.346 e. The third-order valence-corrected chi connectivity index (χ3v) is 10.7. The van der Waals surface area contributed by atoms with Crippen molar-refractivity contribution in [2.45, 2.75) is 0 Å². The van der Waals surface area contributed by atoms with E-state index in [-0.39, 0.29) is 11.6 Å². The maximum Gasteiger partial charge on any atom is 0.346 e. The lowest BCUT2D eigenvalue weighted by Gasteiger charge is -2.34. The molecule has 0 bridgehead atoms. The molecule has 0 unspecified atom stereocenters. The number of rotatable bonds is 5. The SMILES string of the molecule is O=C1c2ccccc2C(=O)c2c(O[Si](c3ccccc3)(c3ccccc3)c3ccccc3)cccc21. The first-order chi connectivity index (χ1) is 17.7. The Morgan fingerprint density at radius 3 is 1.33 bits per heavy atom. The number of fused-ring (bicyclic) bond motifs is 2. The van der Waals surface area contributed by atoms with Crippen LogP contribution in [0.1, 0.15) is 31.8 Å². The molecule has 0 spiro atoms. The predicted octanol–water partition coefficient (Wildman–Crippen LogP) is 4.51. The molecule has 4 heteroatoms. The minimum atomic E-state index is -3.13. The molecule has 5 aromatic rings. The van der Waals surface area contributed by atoms with Gasteiger partial charge in [-0.15, -0.1) is 0 Å². The average molecular weight is 483 g/mol. The first kappa shape index (κ1) is 22.0. The fourth-order valence-corrected chi connectivity index (χ4v) is 8.90. The summed E-state index contributed by atoms with van der Waals surface area (Å²) in [5.41, 5.74) is 1.57. The van der Waals surface area contributed by atoms with Gasteiger partial charge in [0.25, 0.3) is 0 Å². The molecule has 6 rings (SSSR count). The normalized spacial score (nSPS) is 12.6. The van der Waals surface area contributed by atoms with Gasteiger partial charge in [0.15, 0.2) is 11.6 Å². The van der Waals surface area contributed by atoms with Gasteiger partial charge in [0.1, 0.15) is 5.75 Å². The molecule has 172 valence electrons. The van der Waals surface area contributed by atoms with Gasteiger partial charge in [-0.05, 0) is 21.6 Å². The quantitative estimate of drug-likeness (QED) is 0.268. The van der Waals surface area contributed by atoms with Crippen molar-refractivity contribution in [1.29, 1.82) is 0 Å². The Labute approximate surface area is 210 Å². The molecule has 0 aromatic heterocycles. The van der Waals surface area contributed by atoms with Crippen LogP contribution in [0, 0.1) is 0 Å². The van der Waals surface area contributed by atoms with Crippen molar-refractivity contribution in [3.63, 3.8) is 0 Å². The van der Waals surface area contributed by atoms with Crippen molar-refractivity contribution in [3.05, 3.63) is 156 Å². The number of hydrogen-bond donors (Lipinski definition) is 0. The summed E-state index contributed by atoms with van der Waals surface area (Å²) in [6.07, 6.45) is 0. The fraction of sp³-hybridized carbons (Fsp3) is 0. The van der Waals surface area contributed by atoms with Crippen molar-refractivity contribution in [2.75, 3.05) is 0 Å². The van der Waals surface area contributed by atoms with Gasteiger partial charge < -0.3 is 4.43 Å². The minimum Gasteiger partial charge on any atom is -0.530 e. The molecule has 3 nitrogen and oxygen atoms in total. The van der Waals surface area contributed by atoms with Gasteiger partial charge in [-0.3, -0.25) is 9.59 Å². The summed E-state index contributed by atoms with van der Waals surface area (Å²) in [4.78, 5) is 27.1. The van der Waals surface area contributed by atoms with Crippen molar-refractivity contribution in [2.24, 2.45) is 0 Å². The lowest BCUT2D eigenvalue weighted by molar-refractivity contribution is 0.0977. The Morgan fingerprint density at radius 1 is 0.417 bits per heavy atom. The molecule has 0 atom stereocenters. The summed E-state index contributed by atoms with van der Waals surface area (Å²) in [7, 11) is -3.13. The third kappa shape index (κ3) is 3.42. The van der Waals surface area contributed by atoms with Gasteiger partial charge >= 0.3 is 8.32 Å². The van der Waals surface area contributed by atoms with Gasteiger partial charge in [-0.2, -0.15) is 0 Å². The summed E-state index contributed by atoms with van der Waals surface area (Å²) in [5.74, 6) is 0.0912. The molecule has 1 aliphatic rings. The highest BCUT2D eigenvalue weighted by Gasteiger charge is 2.45. The number of benzene rings is 5. The van der Waals surface area contributed by atoms with E-state index in [1.165, 1.54) is 0 Å². The van der Waals surface area contributed by atoms with Crippen molar-refractivity contribution < 1.29 is 14.0 Å². The van der Waals surface area contributed by atoms with Crippen LogP contribution in [0.4, 0.5) is 0 Å². The molecule has 36 heavy (non-hydrogen) atoms. The Balaban J connectivity index is 1.62. The molecule has 0 amide bonds. The molecule has 0 heterocycles. The summed E-state index contributed by atoms with van der Waals surface area (Å²) in [6.45, 7) is 0. The number of carbonyl (C=O) groups excluding carboxylic acids is 2. The molecule has 0 saturated carbocycles. The van der Waals surface area contributed by atoms with Crippen molar-refractivity contribution in [3.8, 4) is 5.75 Å². The average Bonchev–Trinajstić information content (AvgIpc) is 2.96. The molecule has 0 radical (unpaired) electrons. The molecule has 5 aromatic carbocycles. The lowest BCUT2D eigenvalue weighted by atomic mass is 9.84. The highest BCUT2D eigenvalue weighted by atomic mass is 28.4. The fourth-order valence-electron chi connectivity index (χ4n) is 5.06. The van der Waals surface area contributed by atoms with Crippen LogP contribution in [0.25, 0.3) is 0 Å². The van der Waals surface area contributed by atoms with Gasteiger partial charge in [0.05, 0.1) is 5.56 Å². The van der Waals surface area contributed by atoms with Gasteiger partial charge in [-0.1, -0.05) is 127 Å². The lowest BCUT2D eigenvalue weighted by Crippen LogP contribution is -2.71. The van der Waals surface area contributed by atoms with Crippen LogP contribution in [0.5, 0.6) is 5.75 Å². The van der Waals surface area contributed by atoms with E-state index >= 15 is 0 Å². The standard InChI is InChI=1S/C32H22O3Si/c33-31-26-19-10-11-20-27(26)32(34)30-28(31)21-12-22-29(30)35-36(23-13-4-1-5-14-23,24-15-6-2-7-16-24)25-17-8-3-9-18-25/h1-22H. The highest BCUT2D eigenvalue weighted by molar-refractivity contribution is 7.07. The van der Waals surface area contributed by atoms with Gasteiger partial charge in [0, 0.05) is 16.7 Å². The maximum atomic E-state index is 13.8. The highest BCUT2D eigenvalue weighted by Crippen LogP contribution is 2.34. The van der Waals surface area contributed by atoms with Crippen molar-refractivity contribution in [1.82, 2.24) is 0 Å². The Morgan fingerprint density at radius 2 is 0.833 bits per heavy atom. The monoisotopic (exact) mass is 482 g/mol. The zero-order chi connectivity index (χ0) is 24.5. The first-order valence-electron chi connectivity index (χ1n) is 11.9. The second-order valence-electron chi connectivity index (χ2n) is 8.76. The number of ketones is 2. The third-order valence-electron chi connectivity index (χ3n) is 6.72. The predicted molar refractivity (Wildman–Crippen MR) is 144 cm³/mol. The molecule has 0 N–H and O–H groups in total. The van der Waals surface area contributed by atoms with E-state index < -0.39 is 8.32 Å². The number of carbonyl (C=O) groups is 2. The van der Waals surface area contributed by atoms with Crippen LogP contribution in [-0.2, 0) is 0 Å². The minimum absolute atomic E-state index is 0.156. The van der Waals surface area contributed by atoms with E-state index in [9.17, 15) is 9.59 Å². The maximum absolute atomic E-state index is 13.8. The topological polar surface area (TPSA) is 43.4 Å². The molecular weight excluding hydrogens is 460 g/mol. The zero-order valence-corrected chi connectivity index (χ0v) is 20.4. The molecule has 0 saturated heterocycles. The Kier molecular flexibility index (Phi) is 5.43. The van der Waals surface area contributed by atoms with Crippen LogP contribution < -0.4 is 20.0 Å². The van der Waals surface area contributed by atoms with Crippen LogP contribution in [0.15, 0.2) is 133 Å². The zero-order valence-electron chi connectivity index (χ0n) is 19.4. The van der Waals surface area contributed by atoms with E-state index in [1.54, 1.807) is 36.4 Å². The van der Waals surface area contributed by atoms with Crippen LogP contribution in [0.3, 0.4) is 0 Å². The van der Waals surface area contributed by atoms with Crippen LogP contribution >= 0.6 is 0 Å². The Bertz CT molecular complexity index is 1480. The van der Waals surface area contributed by atoms with E-state index in [4.69, 9.17) is 4.43 Å². The Hall–Kier alpha value is -4.54.